The lowest BCUT2D eigenvalue weighted by atomic mass is 10.3. The molecule has 1 atom stereocenters. The van der Waals surface area contributed by atoms with Crippen LogP contribution in [0.1, 0.15) is 12.8 Å². The van der Waals surface area contributed by atoms with Crippen LogP contribution in [0, 0.1) is 0 Å². The lowest BCUT2D eigenvalue weighted by Gasteiger charge is -2.05. The Bertz CT molecular complexity index is 107. The minimum absolute atomic E-state index is 0.0185. The first-order valence-corrected chi connectivity index (χ1v) is 2.76. The Hall–Kier alpha value is -0.500. The Labute approximate surface area is 48.8 Å². The van der Waals surface area contributed by atoms with E-state index in [1.165, 1.54) is 0 Å². The van der Waals surface area contributed by atoms with Crippen LogP contribution in [0.5, 0.6) is 0 Å². The minimum Gasteiger partial charge on any atom is -0.510 e. The summed E-state index contributed by atoms with van der Waals surface area (Å²) in [5, 5.41) is 8.93. The fourth-order valence-electron chi connectivity index (χ4n) is 0.901. The fourth-order valence-corrected chi connectivity index (χ4v) is 0.901. The van der Waals surface area contributed by atoms with Crippen molar-refractivity contribution in [2.24, 2.45) is 0 Å². The summed E-state index contributed by atoms with van der Waals surface area (Å²) < 4.78 is 4.91. The first kappa shape index (κ1) is 5.63. The molecule has 1 rings (SSSR count). The smallest absolute Gasteiger partial charge is 0.117 e. The van der Waals surface area contributed by atoms with Crippen molar-refractivity contribution in [2.45, 2.75) is 18.9 Å². The van der Waals surface area contributed by atoms with Crippen LogP contribution in [0.2, 0.25) is 0 Å². The zero-order valence-corrected chi connectivity index (χ0v) is 4.92. The van der Waals surface area contributed by atoms with Crippen molar-refractivity contribution in [3.63, 3.8) is 0 Å². The summed E-state index contributed by atoms with van der Waals surface area (Å²) in [6.07, 6.45) is 3.66. The molecule has 1 aliphatic carbocycles. The molecule has 0 saturated heterocycles. The molecule has 0 bridgehead atoms. The maximum absolute atomic E-state index is 8.93. The van der Waals surface area contributed by atoms with Gasteiger partial charge in [-0.2, -0.15) is 0 Å². The summed E-state index contributed by atoms with van der Waals surface area (Å²) in [6.45, 7) is 0. The Kier molecular flexibility index (Phi) is 1.53. The van der Waals surface area contributed by atoms with Crippen LogP contribution in [0.25, 0.3) is 0 Å². The van der Waals surface area contributed by atoms with E-state index in [4.69, 9.17) is 9.84 Å². The molecule has 46 valence electrons. The summed E-state index contributed by atoms with van der Waals surface area (Å²) in [7, 11) is 1.61. The van der Waals surface area contributed by atoms with Gasteiger partial charge in [0.25, 0.3) is 0 Å². The first-order valence-electron chi connectivity index (χ1n) is 2.76. The van der Waals surface area contributed by atoms with Gasteiger partial charge < -0.3 is 9.84 Å². The molecule has 8 heavy (non-hydrogen) atoms. The van der Waals surface area contributed by atoms with Gasteiger partial charge in [0.2, 0.25) is 0 Å². The number of hydrogen-bond acceptors (Lipinski definition) is 2. The molecule has 0 saturated carbocycles. The molecule has 1 N–H and O–H groups in total. The predicted octanol–water partition coefficient (Wildman–Crippen LogP) is 1.24. The number of allylic oxidation sites excluding steroid dienone is 1. The summed E-state index contributed by atoms with van der Waals surface area (Å²) in [6, 6.07) is 0. The monoisotopic (exact) mass is 114 g/mol. The molecule has 0 aromatic heterocycles. The van der Waals surface area contributed by atoms with E-state index in [2.05, 4.69) is 0 Å². The largest absolute Gasteiger partial charge is 0.510 e. The Balaban J connectivity index is 2.46. The molecule has 0 aromatic carbocycles. The minimum atomic E-state index is -0.0185. The average molecular weight is 114 g/mol. The van der Waals surface area contributed by atoms with Gasteiger partial charge in [-0.1, -0.05) is 0 Å². The molecule has 0 radical (unpaired) electrons. The van der Waals surface area contributed by atoms with Gasteiger partial charge in [0.05, 0.1) is 0 Å². The quantitative estimate of drug-likeness (QED) is 0.555. The van der Waals surface area contributed by atoms with Crippen molar-refractivity contribution in [2.75, 3.05) is 7.11 Å². The fraction of sp³-hybridized carbons (Fsp3) is 0.667. The van der Waals surface area contributed by atoms with Crippen LogP contribution in [0.15, 0.2) is 11.8 Å². The summed E-state index contributed by atoms with van der Waals surface area (Å²) in [4.78, 5) is 0. The van der Waals surface area contributed by atoms with Crippen molar-refractivity contribution in [1.82, 2.24) is 0 Å². The van der Waals surface area contributed by atoms with E-state index in [-0.39, 0.29) is 6.10 Å². The van der Waals surface area contributed by atoms with Crippen molar-refractivity contribution in [1.29, 1.82) is 0 Å². The van der Waals surface area contributed by atoms with Gasteiger partial charge in [0, 0.05) is 7.11 Å². The number of rotatable bonds is 1. The molecular weight excluding hydrogens is 104 g/mol. The number of aliphatic hydroxyl groups excluding tert-OH is 1. The van der Waals surface area contributed by atoms with Gasteiger partial charge in [0.1, 0.15) is 11.9 Å². The second kappa shape index (κ2) is 2.18. The molecule has 2 nitrogen and oxygen atoms in total. The van der Waals surface area contributed by atoms with Crippen LogP contribution < -0.4 is 0 Å². The highest BCUT2D eigenvalue weighted by Gasteiger charge is 2.16. The van der Waals surface area contributed by atoms with E-state index in [1.54, 1.807) is 13.2 Å². The molecule has 0 aliphatic heterocycles. The second-order valence-electron chi connectivity index (χ2n) is 1.93. The maximum atomic E-state index is 8.93. The van der Waals surface area contributed by atoms with E-state index >= 15 is 0 Å². The SMILES string of the molecule is COC1CCC=C1O. The lowest BCUT2D eigenvalue weighted by Crippen LogP contribution is -2.07. The molecule has 0 fully saturated rings. The summed E-state index contributed by atoms with van der Waals surface area (Å²) >= 11 is 0. The Morgan fingerprint density at radius 2 is 2.62 bits per heavy atom. The third kappa shape index (κ3) is 0.842. The standard InChI is InChI=1S/C6H10O2/c1-8-6-4-2-3-5(6)7/h3,6-7H,2,4H2,1H3. The van der Waals surface area contributed by atoms with Crippen molar-refractivity contribution >= 4 is 0 Å². The van der Waals surface area contributed by atoms with Gasteiger partial charge in [-0.15, -0.1) is 0 Å². The zero-order chi connectivity index (χ0) is 5.98. The first-order chi connectivity index (χ1) is 3.84. The highest BCUT2D eigenvalue weighted by Crippen LogP contribution is 2.17. The Morgan fingerprint density at radius 3 is 2.88 bits per heavy atom. The number of aliphatic hydroxyl groups is 1. The summed E-state index contributed by atoms with van der Waals surface area (Å²) in [5.74, 6) is 0.396. The number of methoxy groups -OCH3 is 1. The average Bonchev–Trinajstić information content (AvgIpc) is 2.14. The molecule has 2 heteroatoms. The predicted molar refractivity (Wildman–Crippen MR) is 30.7 cm³/mol. The highest BCUT2D eigenvalue weighted by molar-refractivity contribution is 5.05. The molecule has 0 amide bonds. The van der Waals surface area contributed by atoms with Crippen molar-refractivity contribution in [3.05, 3.63) is 11.8 Å². The van der Waals surface area contributed by atoms with E-state index < -0.39 is 0 Å². The molecule has 0 aromatic rings. The topological polar surface area (TPSA) is 29.5 Å². The third-order valence-corrected chi connectivity index (χ3v) is 1.40. The van der Waals surface area contributed by atoms with Gasteiger partial charge in [-0.3, -0.25) is 0 Å². The molecule has 1 unspecified atom stereocenters. The van der Waals surface area contributed by atoms with E-state index in [9.17, 15) is 0 Å². The van der Waals surface area contributed by atoms with Crippen molar-refractivity contribution in [3.8, 4) is 0 Å². The van der Waals surface area contributed by atoms with Crippen LogP contribution in [0.4, 0.5) is 0 Å². The summed E-state index contributed by atoms with van der Waals surface area (Å²) in [5.41, 5.74) is 0. The van der Waals surface area contributed by atoms with Gasteiger partial charge >= 0.3 is 0 Å². The number of hydrogen-bond donors (Lipinski definition) is 1. The highest BCUT2D eigenvalue weighted by atomic mass is 16.5. The lowest BCUT2D eigenvalue weighted by molar-refractivity contribution is 0.0974. The molecular formula is C6H10O2. The third-order valence-electron chi connectivity index (χ3n) is 1.40. The maximum Gasteiger partial charge on any atom is 0.117 e. The van der Waals surface area contributed by atoms with Crippen LogP contribution in [0.3, 0.4) is 0 Å². The molecule has 0 spiro atoms. The van der Waals surface area contributed by atoms with Gasteiger partial charge in [0.15, 0.2) is 0 Å². The van der Waals surface area contributed by atoms with Crippen molar-refractivity contribution < 1.29 is 9.84 Å². The normalized spacial score (nSPS) is 28.1. The zero-order valence-electron chi connectivity index (χ0n) is 4.92. The molecule has 0 heterocycles. The van der Waals surface area contributed by atoms with E-state index in [0.29, 0.717) is 5.76 Å². The van der Waals surface area contributed by atoms with Crippen LogP contribution >= 0.6 is 0 Å². The van der Waals surface area contributed by atoms with Crippen LogP contribution in [-0.2, 0) is 4.74 Å². The number of ether oxygens (including phenoxy) is 1. The van der Waals surface area contributed by atoms with E-state index in [0.717, 1.165) is 12.8 Å². The Morgan fingerprint density at radius 1 is 1.88 bits per heavy atom. The van der Waals surface area contributed by atoms with Gasteiger partial charge in [-0.05, 0) is 18.9 Å². The molecule has 1 aliphatic rings. The van der Waals surface area contributed by atoms with Crippen LogP contribution in [-0.4, -0.2) is 18.3 Å². The van der Waals surface area contributed by atoms with E-state index in [1.807, 2.05) is 0 Å². The second-order valence-corrected chi connectivity index (χ2v) is 1.93. The van der Waals surface area contributed by atoms with Gasteiger partial charge in [-0.25, -0.2) is 0 Å².